The third-order valence-electron chi connectivity index (χ3n) is 3.50. The van der Waals surface area contributed by atoms with Gasteiger partial charge in [0.2, 0.25) is 0 Å². The molecule has 1 aliphatic rings. The summed E-state index contributed by atoms with van der Waals surface area (Å²) in [5.41, 5.74) is 6.29. The number of hydrogen-bond acceptors (Lipinski definition) is 7. The van der Waals surface area contributed by atoms with Crippen LogP contribution < -0.4 is 26.1 Å². The number of quaternary nitrogens is 1. The Kier molecular flexibility index (Phi) is 4.15. The molecule has 1 amide bonds. The number of aromatic nitrogens is 1. The number of hydrazone groups is 1. The average Bonchev–Trinajstić information content (AvgIpc) is 3.29. The van der Waals surface area contributed by atoms with E-state index in [9.17, 15) is 4.79 Å². The molecule has 2 heterocycles. The number of para-hydroxylation sites is 1. The molecule has 9 heteroatoms. The average molecular weight is 355 g/mol. The molecule has 25 heavy (non-hydrogen) atoms. The van der Waals surface area contributed by atoms with Crippen molar-refractivity contribution in [1.29, 1.82) is 0 Å². The van der Waals surface area contributed by atoms with E-state index in [2.05, 4.69) is 20.9 Å². The zero-order chi connectivity index (χ0) is 17.1. The van der Waals surface area contributed by atoms with Gasteiger partial charge >= 0.3 is 0 Å². The standard InChI is InChI=1S/C16H14N6O2S/c23-15(19-16-18-13-3-1-2-4-14(13)25-16)9-24-12-7-5-11(6-8-12)22-10-17-20-21-22/h1-8,10,20-21H,9H2,(H,18,19,23)/p+1. The largest absolute Gasteiger partial charge is 0.484 e. The third kappa shape index (κ3) is 3.52. The van der Waals surface area contributed by atoms with E-state index in [-0.39, 0.29) is 12.5 Å². The lowest BCUT2D eigenvalue weighted by atomic mass is 10.3. The fraction of sp³-hybridized carbons (Fsp3) is 0.0625. The second-order valence-electron chi connectivity index (χ2n) is 5.23. The highest BCUT2D eigenvalue weighted by molar-refractivity contribution is 7.22. The maximum atomic E-state index is 12.0. The summed E-state index contributed by atoms with van der Waals surface area (Å²) in [4.78, 5) is 16.4. The molecule has 0 fully saturated rings. The van der Waals surface area contributed by atoms with E-state index < -0.39 is 0 Å². The summed E-state index contributed by atoms with van der Waals surface area (Å²) in [6.07, 6.45) is 1.67. The van der Waals surface area contributed by atoms with Gasteiger partial charge in [0.25, 0.3) is 5.91 Å². The molecule has 8 nitrogen and oxygen atoms in total. The number of amides is 1. The van der Waals surface area contributed by atoms with Crippen molar-refractivity contribution in [2.75, 3.05) is 16.9 Å². The Balaban J connectivity index is 1.32. The first-order valence-electron chi connectivity index (χ1n) is 7.57. The van der Waals surface area contributed by atoms with Crippen LogP contribution >= 0.6 is 11.3 Å². The van der Waals surface area contributed by atoms with E-state index >= 15 is 0 Å². The summed E-state index contributed by atoms with van der Waals surface area (Å²) < 4.78 is 6.55. The smallest absolute Gasteiger partial charge is 0.264 e. The Labute approximate surface area is 147 Å². The number of hydrogen-bond donors (Lipinski definition) is 3. The van der Waals surface area contributed by atoms with Gasteiger partial charge in [-0.25, -0.2) is 4.98 Å². The zero-order valence-corrected chi connectivity index (χ0v) is 13.9. The van der Waals surface area contributed by atoms with E-state index in [1.807, 2.05) is 41.4 Å². The number of ether oxygens (including phenoxy) is 1. The molecule has 1 aromatic heterocycles. The number of anilines is 2. The Hall–Kier alpha value is -3.17. The Morgan fingerprint density at radius 2 is 2.08 bits per heavy atom. The predicted octanol–water partition coefficient (Wildman–Crippen LogP) is 1.06. The monoisotopic (exact) mass is 355 g/mol. The number of benzene rings is 2. The maximum absolute atomic E-state index is 12.0. The van der Waals surface area contributed by atoms with Crippen LogP contribution in [0.1, 0.15) is 0 Å². The highest BCUT2D eigenvalue weighted by Gasteiger charge is 2.12. The van der Waals surface area contributed by atoms with Crippen LogP contribution in [-0.2, 0) is 4.79 Å². The number of nitrogens with zero attached hydrogens (tertiary/aromatic N) is 3. The lowest BCUT2D eigenvalue weighted by Crippen LogP contribution is -2.97. The molecule has 0 unspecified atom stereocenters. The van der Waals surface area contributed by atoms with Crippen LogP contribution in [-0.4, -0.2) is 23.8 Å². The molecule has 0 bridgehead atoms. The van der Waals surface area contributed by atoms with Crippen LogP contribution in [0.2, 0.25) is 0 Å². The van der Waals surface area contributed by atoms with Crippen molar-refractivity contribution in [2.24, 2.45) is 5.10 Å². The van der Waals surface area contributed by atoms with Gasteiger partial charge < -0.3 is 4.74 Å². The molecule has 0 spiro atoms. The number of fused-ring (bicyclic) bond motifs is 1. The second-order valence-corrected chi connectivity index (χ2v) is 6.26. The molecule has 0 saturated heterocycles. The highest BCUT2D eigenvalue weighted by atomic mass is 32.1. The second kappa shape index (κ2) is 6.75. The van der Waals surface area contributed by atoms with E-state index in [4.69, 9.17) is 4.74 Å². The van der Waals surface area contributed by atoms with Crippen molar-refractivity contribution in [2.45, 2.75) is 0 Å². The van der Waals surface area contributed by atoms with Crippen LogP contribution in [0, 0.1) is 0 Å². The van der Waals surface area contributed by atoms with Crippen molar-refractivity contribution in [3.8, 4) is 5.75 Å². The summed E-state index contributed by atoms with van der Waals surface area (Å²) in [5.74, 6) is 0.375. The Bertz CT molecular complexity index is 891. The van der Waals surface area contributed by atoms with E-state index in [0.29, 0.717) is 10.9 Å². The number of nitrogens with two attached hydrogens (primary N) is 1. The Morgan fingerprint density at radius 3 is 2.84 bits per heavy atom. The summed E-state index contributed by atoms with van der Waals surface area (Å²) in [6.45, 7) is -0.0753. The first kappa shape index (κ1) is 15.4. The van der Waals surface area contributed by atoms with Gasteiger partial charge in [0.05, 0.1) is 15.9 Å². The highest BCUT2D eigenvalue weighted by Crippen LogP contribution is 2.25. The summed E-state index contributed by atoms with van der Waals surface area (Å²) in [6, 6.07) is 15.1. The van der Waals surface area contributed by atoms with Gasteiger partial charge in [0.15, 0.2) is 18.1 Å². The molecule has 1 aliphatic heterocycles. The van der Waals surface area contributed by atoms with Gasteiger partial charge in [-0.1, -0.05) is 23.5 Å². The molecular weight excluding hydrogens is 340 g/mol. The fourth-order valence-corrected chi connectivity index (χ4v) is 3.19. The van der Waals surface area contributed by atoms with Crippen LogP contribution in [0.15, 0.2) is 53.6 Å². The molecule has 0 aliphatic carbocycles. The molecule has 126 valence electrons. The van der Waals surface area contributed by atoms with Gasteiger partial charge in [0.1, 0.15) is 5.75 Å². The first-order valence-corrected chi connectivity index (χ1v) is 8.38. The van der Waals surface area contributed by atoms with Gasteiger partial charge in [-0.15, -0.1) is 16.2 Å². The van der Waals surface area contributed by atoms with Crippen LogP contribution in [0.25, 0.3) is 10.2 Å². The molecule has 4 rings (SSSR count). The topological polar surface area (TPSA) is 95.5 Å². The fourth-order valence-electron chi connectivity index (χ4n) is 2.31. The number of rotatable bonds is 5. The SMILES string of the molecule is O=C(COc1ccc(N2C=NN[NH2+]2)cc1)Nc1nc2ccccc2s1. The first-order chi connectivity index (χ1) is 12.3. The minimum atomic E-state index is -0.243. The lowest BCUT2D eigenvalue weighted by Gasteiger charge is -2.10. The molecule has 4 N–H and O–H groups in total. The van der Waals surface area contributed by atoms with Crippen LogP contribution in [0.3, 0.4) is 0 Å². The van der Waals surface area contributed by atoms with E-state index in [1.54, 1.807) is 24.0 Å². The van der Waals surface area contributed by atoms with Crippen molar-refractivity contribution < 1.29 is 15.1 Å². The number of carbonyl (C=O) groups excluding carboxylic acids is 1. The zero-order valence-electron chi connectivity index (χ0n) is 13.0. The van der Waals surface area contributed by atoms with Gasteiger partial charge in [0, 0.05) is 0 Å². The lowest BCUT2D eigenvalue weighted by molar-refractivity contribution is -0.703. The van der Waals surface area contributed by atoms with Crippen LogP contribution in [0.4, 0.5) is 10.8 Å². The van der Waals surface area contributed by atoms with Crippen molar-refractivity contribution in [1.82, 2.24) is 10.5 Å². The minimum absolute atomic E-state index is 0.0753. The van der Waals surface area contributed by atoms with Gasteiger partial charge in [-0.2, -0.15) is 5.01 Å². The molecule has 3 aromatic rings. The predicted molar refractivity (Wildman–Crippen MR) is 96.2 cm³/mol. The number of carbonyl (C=O) groups is 1. The Morgan fingerprint density at radius 1 is 1.24 bits per heavy atom. The number of nitrogens with one attached hydrogen (secondary N) is 2. The van der Waals surface area contributed by atoms with Crippen molar-refractivity contribution in [3.63, 3.8) is 0 Å². The van der Waals surface area contributed by atoms with E-state index in [0.717, 1.165) is 15.9 Å². The summed E-state index contributed by atoms with van der Waals surface area (Å²) in [5, 5.41) is 9.05. The molecule has 2 aromatic carbocycles. The van der Waals surface area contributed by atoms with Gasteiger partial charge in [-0.3, -0.25) is 10.1 Å². The molecule has 0 saturated carbocycles. The van der Waals surface area contributed by atoms with Crippen molar-refractivity contribution in [3.05, 3.63) is 48.5 Å². The molecule has 0 atom stereocenters. The quantitative estimate of drug-likeness (QED) is 0.595. The minimum Gasteiger partial charge on any atom is -0.484 e. The van der Waals surface area contributed by atoms with Crippen molar-refractivity contribution >= 4 is 44.6 Å². The molecule has 0 radical (unpaired) electrons. The third-order valence-corrected chi connectivity index (χ3v) is 4.45. The summed E-state index contributed by atoms with van der Waals surface area (Å²) in [7, 11) is 0. The summed E-state index contributed by atoms with van der Waals surface area (Å²) >= 11 is 1.44. The van der Waals surface area contributed by atoms with Gasteiger partial charge in [-0.05, 0) is 36.4 Å². The number of thiazole rings is 1. The van der Waals surface area contributed by atoms with E-state index in [1.165, 1.54) is 11.3 Å². The normalized spacial score (nSPS) is 13.0. The molecular formula is C16H15N6O2S+. The maximum Gasteiger partial charge on any atom is 0.264 e. The van der Waals surface area contributed by atoms with Crippen LogP contribution in [0.5, 0.6) is 5.75 Å².